The summed E-state index contributed by atoms with van der Waals surface area (Å²) in [4.78, 5) is 23.3. The Morgan fingerprint density at radius 1 is 1.08 bits per heavy atom. The Hall–Kier alpha value is -2.95. The van der Waals surface area contributed by atoms with Gasteiger partial charge in [0.2, 0.25) is 0 Å². The van der Waals surface area contributed by atoms with Crippen molar-refractivity contribution in [3.8, 4) is 0 Å². The van der Waals surface area contributed by atoms with E-state index in [0.29, 0.717) is 11.3 Å². The number of hydrogen-bond acceptors (Lipinski definition) is 3. The number of carbonyl (C=O) groups excluding carboxylic acids is 2. The Morgan fingerprint density at radius 3 is 2.46 bits per heavy atom. The van der Waals surface area contributed by atoms with Gasteiger partial charge in [-0.05, 0) is 60.9 Å². The van der Waals surface area contributed by atoms with Gasteiger partial charge in [0.05, 0.1) is 0 Å². The third kappa shape index (κ3) is 5.35. The van der Waals surface area contributed by atoms with E-state index >= 15 is 0 Å². The number of carbonyl (C=O) groups is 2. The van der Waals surface area contributed by atoms with Gasteiger partial charge in [-0.25, -0.2) is 9.18 Å². The lowest BCUT2D eigenvalue weighted by Crippen LogP contribution is -2.20. The van der Waals surface area contributed by atoms with E-state index in [-0.39, 0.29) is 12.4 Å². The van der Waals surface area contributed by atoms with E-state index < -0.39 is 11.9 Å². The summed E-state index contributed by atoms with van der Waals surface area (Å²) in [5.74, 6) is -1.41. The van der Waals surface area contributed by atoms with Crippen LogP contribution in [-0.2, 0) is 14.3 Å². The van der Waals surface area contributed by atoms with E-state index in [1.807, 2.05) is 26.0 Å². The molecule has 0 aliphatic carbocycles. The third-order valence-electron chi connectivity index (χ3n) is 3.42. The van der Waals surface area contributed by atoms with Gasteiger partial charge in [0.1, 0.15) is 5.82 Å². The van der Waals surface area contributed by atoms with E-state index in [9.17, 15) is 14.0 Å². The predicted octanol–water partition coefficient (Wildman–Crippen LogP) is 3.64. The van der Waals surface area contributed by atoms with Crippen LogP contribution >= 0.6 is 0 Å². The lowest BCUT2D eigenvalue weighted by molar-refractivity contribution is -0.142. The van der Waals surface area contributed by atoms with E-state index in [4.69, 9.17) is 4.74 Å². The molecule has 0 fully saturated rings. The van der Waals surface area contributed by atoms with Crippen molar-refractivity contribution in [2.75, 3.05) is 11.9 Å². The molecule has 5 heteroatoms. The summed E-state index contributed by atoms with van der Waals surface area (Å²) in [5, 5.41) is 2.66. The van der Waals surface area contributed by atoms with Gasteiger partial charge in [-0.15, -0.1) is 0 Å². The lowest BCUT2D eigenvalue weighted by Gasteiger charge is -2.07. The van der Waals surface area contributed by atoms with Gasteiger partial charge in [0.25, 0.3) is 5.91 Å². The van der Waals surface area contributed by atoms with Crippen LogP contribution in [0, 0.1) is 19.7 Å². The third-order valence-corrected chi connectivity index (χ3v) is 3.42. The first-order valence-electron chi connectivity index (χ1n) is 7.41. The fourth-order valence-corrected chi connectivity index (χ4v) is 1.94. The van der Waals surface area contributed by atoms with Gasteiger partial charge >= 0.3 is 5.97 Å². The standard InChI is InChI=1S/C19H18FNO3/c1-13-3-9-17(11-14(13)2)21-18(22)12-24-19(23)10-6-15-4-7-16(20)8-5-15/h3-11H,12H2,1-2H3,(H,21,22)/b10-6+. The molecular weight excluding hydrogens is 309 g/mol. The lowest BCUT2D eigenvalue weighted by atomic mass is 10.1. The van der Waals surface area contributed by atoms with E-state index in [1.165, 1.54) is 36.4 Å². The molecule has 0 unspecified atom stereocenters. The van der Waals surface area contributed by atoms with Crippen molar-refractivity contribution in [1.29, 1.82) is 0 Å². The van der Waals surface area contributed by atoms with Crippen LogP contribution in [0.15, 0.2) is 48.5 Å². The summed E-state index contributed by atoms with van der Waals surface area (Å²) in [6.07, 6.45) is 2.68. The summed E-state index contributed by atoms with van der Waals surface area (Å²) in [7, 11) is 0. The number of ether oxygens (including phenoxy) is 1. The molecule has 1 amide bonds. The molecule has 24 heavy (non-hydrogen) atoms. The van der Waals surface area contributed by atoms with Gasteiger partial charge in [-0.1, -0.05) is 18.2 Å². The molecule has 2 rings (SSSR count). The van der Waals surface area contributed by atoms with Crippen molar-refractivity contribution in [1.82, 2.24) is 0 Å². The minimum Gasteiger partial charge on any atom is -0.452 e. The minimum absolute atomic E-state index is 0.349. The maximum atomic E-state index is 12.8. The van der Waals surface area contributed by atoms with Crippen molar-refractivity contribution < 1.29 is 18.7 Å². The van der Waals surface area contributed by atoms with Crippen molar-refractivity contribution in [3.63, 3.8) is 0 Å². The van der Waals surface area contributed by atoms with Crippen LogP contribution in [-0.4, -0.2) is 18.5 Å². The molecule has 0 aliphatic heterocycles. The largest absolute Gasteiger partial charge is 0.452 e. The molecule has 0 saturated heterocycles. The summed E-state index contributed by atoms with van der Waals surface area (Å²) in [5.41, 5.74) is 3.51. The van der Waals surface area contributed by atoms with Gasteiger partial charge in [-0.3, -0.25) is 4.79 Å². The van der Waals surface area contributed by atoms with Crippen LogP contribution in [0.5, 0.6) is 0 Å². The molecule has 1 N–H and O–H groups in total. The average molecular weight is 327 g/mol. The number of esters is 1. The highest BCUT2D eigenvalue weighted by molar-refractivity contribution is 5.94. The summed E-state index contributed by atoms with van der Waals surface area (Å²) < 4.78 is 17.6. The number of hydrogen-bond donors (Lipinski definition) is 1. The first kappa shape index (κ1) is 17.4. The molecular formula is C19H18FNO3. The molecule has 0 atom stereocenters. The topological polar surface area (TPSA) is 55.4 Å². The molecule has 0 aromatic heterocycles. The van der Waals surface area contributed by atoms with E-state index in [0.717, 1.165) is 11.1 Å². The second kappa shape index (κ2) is 8.06. The van der Waals surface area contributed by atoms with Gasteiger partial charge < -0.3 is 10.1 Å². The molecule has 0 bridgehead atoms. The fourth-order valence-electron chi connectivity index (χ4n) is 1.94. The van der Waals surface area contributed by atoms with Crippen molar-refractivity contribution in [3.05, 3.63) is 71.0 Å². The van der Waals surface area contributed by atoms with Gasteiger partial charge in [0.15, 0.2) is 6.61 Å². The molecule has 0 saturated carbocycles. The molecule has 2 aromatic carbocycles. The van der Waals surface area contributed by atoms with Gasteiger partial charge in [-0.2, -0.15) is 0 Å². The number of aryl methyl sites for hydroxylation is 2. The molecule has 124 valence electrons. The quantitative estimate of drug-likeness (QED) is 0.674. The molecule has 0 heterocycles. The van der Waals surface area contributed by atoms with E-state index in [2.05, 4.69) is 5.32 Å². The number of benzene rings is 2. The Balaban J connectivity index is 1.81. The zero-order valence-electron chi connectivity index (χ0n) is 13.5. The normalized spacial score (nSPS) is 10.6. The highest BCUT2D eigenvalue weighted by Gasteiger charge is 2.06. The zero-order valence-corrected chi connectivity index (χ0v) is 13.5. The van der Waals surface area contributed by atoms with Crippen molar-refractivity contribution >= 4 is 23.6 Å². The van der Waals surface area contributed by atoms with Crippen molar-refractivity contribution in [2.45, 2.75) is 13.8 Å². The Kier molecular flexibility index (Phi) is 5.84. The fraction of sp³-hybridized carbons (Fsp3) is 0.158. The summed E-state index contributed by atoms with van der Waals surface area (Å²) in [6, 6.07) is 11.2. The van der Waals surface area contributed by atoms with Crippen LogP contribution in [0.2, 0.25) is 0 Å². The number of amides is 1. The number of halogens is 1. The van der Waals surface area contributed by atoms with Gasteiger partial charge in [0, 0.05) is 11.8 Å². The number of nitrogens with one attached hydrogen (secondary N) is 1. The molecule has 0 radical (unpaired) electrons. The highest BCUT2D eigenvalue weighted by Crippen LogP contribution is 2.14. The Morgan fingerprint density at radius 2 is 1.79 bits per heavy atom. The Labute approximate surface area is 140 Å². The summed E-state index contributed by atoms with van der Waals surface area (Å²) >= 11 is 0. The molecule has 2 aromatic rings. The number of anilines is 1. The molecule has 0 aliphatic rings. The first-order chi connectivity index (χ1) is 11.4. The minimum atomic E-state index is -0.644. The first-order valence-corrected chi connectivity index (χ1v) is 7.41. The van der Waals surface area contributed by atoms with Crippen LogP contribution in [0.3, 0.4) is 0 Å². The van der Waals surface area contributed by atoms with Crippen LogP contribution in [0.4, 0.5) is 10.1 Å². The second-order valence-electron chi connectivity index (χ2n) is 5.34. The molecule has 4 nitrogen and oxygen atoms in total. The maximum Gasteiger partial charge on any atom is 0.331 e. The van der Waals surface area contributed by atoms with Crippen molar-refractivity contribution in [2.24, 2.45) is 0 Å². The number of rotatable bonds is 5. The predicted molar refractivity (Wildman–Crippen MR) is 90.9 cm³/mol. The van der Waals surface area contributed by atoms with Crippen LogP contribution in [0.25, 0.3) is 6.08 Å². The molecule has 0 spiro atoms. The summed E-state index contributed by atoms with van der Waals surface area (Å²) in [6.45, 7) is 3.56. The monoisotopic (exact) mass is 327 g/mol. The average Bonchev–Trinajstić information content (AvgIpc) is 2.56. The van der Waals surface area contributed by atoms with Crippen LogP contribution < -0.4 is 5.32 Å². The Bertz CT molecular complexity index is 767. The van der Waals surface area contributed by atoms with E-state index in [1.54, 1.807) is 6.07 Å². The maximum absolute atomic E-state index is 12.8. The highest BCUT2D eigenvalue weighted by atomic mass is 19.1. The SMILES string of the molecule is Cc1ccc(NC(=O)COC(=O)/C=C/c2ccc(F)cc2)cc1C. The zero-order chi connectivity index (χ0) is 17.5. The van der Waals surface area contributed by atoms with Crippen LogP contribution in [0.1, 0.15) is 16.7 Å². The smallest absolute Gasteiger partial charge is 0.331 e. The second-order valence-corrected chi connectivity index (χ2v) is 5.34.